The highest BCUT2D eigenvalue weighted by molar-refractivity contribution is 5.94. The van der Waals surface area contributed by atoms with Crippen molar-refractivity contribution in [1.82, 2.24) is 14.5 Å². The average Bonchev–Trinajstić information content (AvgIpc) is 2.61. The Balaban J connectivity index is 2.04. The summed E-state index contributed by atoms with van der Waals surface area (Å²) in [5, 5.41) is 16.3. The van der Waals surface area contributed by atoms with E-state index in [9.17, 15) is 4.39 Å². The smallest absolute Gasteiger partial charge is 0.229 e. The summed E-state index contributed by atoms with van der Waals surface area (Å²) in [6.07, 6.45) is 6.58. The highest BCUT2D eigenvalue weighted by atomic mass is 19.1. The summed E-state index contributed by atoms with van der Waals surface area (Å²) in [6, 6.07) is 4.33. The van der Waals surface area contributed by atoms with E-state index in [1.54, 1.807) is 12.3 Å². The Morgan fingerprint density at radius 1 is 1.28 bits per heavy atom. The van der Waals surface area contributed by atoms with E-state index in [-0.39, 0.29) is 11.4 Å². The molecule has 2 aromatic heterocycles. The molecule has 0 fully saturated rings. The molecule has 1 aliphatic heterocycles. The minimum atomic E-state index is -0.371. The van der Waals surface area contributed by atoms with Gasteiger partial charge in [0.25, 0.3) is 0 Å². The molecule has 0 atom stereocenters. The molecule has 1 aromatic carbocycles. The third kappa shape index (κ3) is 2.39. The van der Waals surface area contributed by atoms with Gasteiger partial charge in [-0.1, -0.05) is 0 Å². The minimum absolute atomic E-state index is 0.0585. The maximum absolute atomic E-state index is 13.9. The predicted octanol–water partition coefficient (Wildman–Crippen LogP) is 2.90. The van der Waals surface area contributed by atoms with E-state index in [0.29, 0.717) is 16.7 Å². The van der Waals surface area contributed by atoms with Crippen LogP contribution in [-0.4, -0.2) is 27.4 Å². The molecule has 25 heavy (non-hydrogen) atoms. The van der Waals surface area contributed by atoms with Crippen LogP contribution in [0, 0.1) is 23.6 Å². The summed E-state index contributed by atoms with van der Waals surface area (Å²) in [6.45, 7) is 2.76. The quantitative estimate of drug-likeness (QED) is 0.558. The summed E-state index contributed by atoms with van der Waals surface area (Å²) in [5.74, 6) is 0.162. The minimum Gasteiger partial charge on any atom is -0.324 e. The standard InChI is InChI=1S/C18H17FN6/c1-11-8-22-9-16-13(11)3-2-6-24(16)17-14-7-12(19)4-5-15(14)25(10-20)18(21)23-17/h4-5,7-10,20-21H,2-3,6H2,1H3. The topological polar surface area (TPSA) is 81.7 Å². The molecule has 7 heteroatoms. The van der Waals surface area contributed by atoms with Crippen LogP contribution in [0.1, 0.15) is 17.5 Å². The zero-order valence-corrected chi connectivity index (χ0v) is 13.8. The van der Waals surface area contributed by atoms with E-state index < -0.39 is 0 Å². The molecule has 1 aliphatic rings. The molecule has 0 radical (unpaired) electrons. The van der Waals surface area contributed by atoms with Gasteiger partial charge in [-0.2, -0.15) is 4.98 Å². The third-order valence-corrected chi connectivity index (χ3v) is 4.63. The molecule has 4 rings (SSSR count). The zero-order valence-electron chi connectivity index (χ0n) is 13.8. The van der Waals surface area contributed by atoms with Crippen molar-refractivity contribution in [2.75, 3.05) is 11.4 Å². The molecule has 0 bridgehead atoms. The third-order valence-electron chi connectivity index (χ3n) is 4.63. The van der Waals surface area contributed by atoms with Gasteiger partial charge in [0, 0.05) is 18.1 Å². The Morgan fingerprint density at radius 3 is 2.92 bits per heavy atom. The number of rotatable bonds is 2. The Morgan fingerprint density at radius 2 is 2.12 bits per heavy atom. The van der Waals surface area contributed by atoms with Crippen molar-refractivity contribution in [3.05, 3.63) is 53.2 Å². The van der Waals surface area contributed by atoms with Gasteiger partial charge in [-0.3, -0.25) is 20.4 Å². The molecule has 0 saturated carbocycles. The number of nitrogens with one attached hydrogen (secondary N) is 2. The van der Waals surface area contributed by atoms with E-state index >= 15 is 0 Å². The lowest BCUT2D eigenvalue weighted by atomic mass is 9.99. The Kier molecular flexibility index (Phi) is 3.56. The van der Waals surface area contributed by atoms with Crippen LogP contribution in [0.4, 0.5) is 15.9 Å². The first-order valence-electron chi connectivity index (χ1n) is 8.08. The number of anilines is 2. The zero-order chi connectivity index (χ0) is 17.6. The van der Waals surface area contributed by atoms with Crippen LogP contribution in [-0.2, 0) is 6.42 Å². The molecule has 2 N–H and O–H groups in total. The second-order valence-corrected chi connectivity index (χ2v) is 6.13. The summed E-state index contributed by atoms with van der Waals surface area (Å²) in [7, 11) is 0. The SMILES string of the molecule is Cc1cncc2c1CCCN2c1nc(=N)n(C=N)c2ccc(F)cc12. The second-order valence-electron chi connectivity index (χ2n) is 6.13. The van der Waals surface area contributed by atoms with Crippen molar-refractivity contribution in [3.63, 3.8) is 0 Å². The van der Waals surface area contributed by atoms with Crippen molar-refractivity contribution in [3.8, 4) is 0 Å². The van der Waals surface area contributed by atoms with E-state index in [1.807, 2.05) is 18.0 Å². The van der Waals surface area contributed by atoms with Gasteiger partial charge in [-0.15, -0.1) is 0 Å². The molecule has 3 aromatic rings. The van der Waals surface area contributed by atoms with Gasteiger partial charge in [0.1, 0.15) is 11.6 Å². The molecule has 0 aliphatic carbocycles. The molecule has 0 unspecified atom stereocenters. The van der Waals surface area contributed by atoms with Crippen molar-refractivity contribution >= 4 is 28.7 Å². The fourth-order valence-corrected chi connectivity index (χ4v) is 3.45. The largest absolute Gasteiger partial charge is 0.324 e. The van der Waals surface area contributed by atoms with Gasteiger partial charge in [-0.05, 0) is 49.1 Å². The predicted molar refractivity (Wildman–Crippen MR) is 94.0 cm³/mol. The fourth-order valence-electron chi connectivity index (χ4n) is 3.45. The Bertz CT molecular complexity index is 1060. The molecule has 0 saturated heterocycles. The Hall–Kier alpha value is -3.09. The molecule has 126 valence electrons. The second kappa shape index (κ2) is 5.77. The van der Waals surface area contributed by atoms with Crippen molar-refractivity contribution in [2.45, 2.75) is 19.8 Å². The molecule has 0 spiro atoms. The van der Waals surface area contributed by atoms with Crippen LogP contribution in [0.2, 0.25) is 0 Å². The lowest BCUT2D eigenvalue weighted by Gasteiger charge is -2.31. The van der Waals surface area contributed by atoms with E-state index in [4.69, 9.17) is 10.8 Å². The highest BCUT2D eigenvalue weighted by Gasteiger charge is 2.23. The van der Waals surface area contributed by atoms with Gasteiger partial charge in [0.05, 0.1) is 23.7 Å². The summed E-state index contributed by atoms with van der Waals surface area (Å²) < 4.78 is 15.2. The van der Waals surface area contributed by atoms with Gasteiger partial charge in [0.15, 0.2) is 0 Å². The highest BCUT2D eigenvalue weighted by Crippen LogP contribution is 2.36. The van der Waals surface area contributed by atoms with Crippen LogP contribution in [0.25, 0.3) is 10.9 Å². The number of hydrogen-bond donors (Lipinski definition) is 2. The van der Waals surface area contributed by atoms with Gasteiger partial charge in [0.2, 0.25) is 5.62 Å². The summed E-state index contributed by atoms with van der Waals surface area (Å²) in [5.41, 5.74) is 3.81. The van der Waals surface area contributed by atoms with Crippen LogP contribution in [0.3, 0.4) is 0 Å². The first kappa shape index (κ1) is 15.4. The van der Waals surface area contributed by atoms with Crippen LogP contribution < -0.4 is 10.5 Å². The van der Waals surface area contributed by atoms with Crippen molar-refractivity contribution < 1.29 is 4.39 Å². The molecular weight excluding hydrogens is 319 g/mol. The summed E-state index contributed by atoms with van der Waals surface area (Å²) in [4.78, 5) is 10.7. The summed E-state index contributed by atoms with van der Waals surface area (Å²) >= 11 is 0. The number of halogens is 1. The molecule has 6 nitrogen and oxygen atoms in total. The Labute approximate surface area is 143 Å². The van der Waals surface area contributed by atoms with Crippen LogP contribution in [0.15, 0.2) is 30.6 Å². The average molecular weight is 336 g/mol. The first-order valence-corrected chi connectivity index (χ1v) is 8.08. The number of benzene rings is 1. The van der Waals surface area contributed by atoms with Crippen molar-refractivity contribution in [1.29, 1.82) is 10.8 Å². The number of nitrogens with zero attached hydrogens (tertiary/aromatic N) is 4. The maximum atomic E-state index is 13.9. The number of pyridine rings is 1. The van der Waals surface area contributed by atoms with E-state index in [1.165, 1.54) is 22.3 Å². The van der Waals surface area contributed by atoms with E-state index in [0.717, 1.165) is 37.0 Å². The van der Waals surface area contributed by atoms with Gasteiger partial charge in [-0.25, -0.2) is 4.39 Å². The van der Waals surface area contributed by atoms with Crippen LogP contribution in [0.5, 0.6) is 0 Å². The maximum Gasteiger partial charge on any atom is 0.229 e. The van der Waals surface area contributed by atoms with E-state index in [2.05, 4.69) is 9.97 Å². The van der Waals surface area contributed by atoms with Crippen LogP contribution >= 0.6 is 0 Å². The van der Waals surface area contributed by atoms with Gasteiger partial charge < -0.3 is 4.90 Å². The normalized spacial score (nSPS) is 13.8. The molecular formula is C18H17FN6. The lowest BCUT2D eigenvalue weighted by molar-refractivity contribution is 0.629. The fraction of sp³-hybridized carbons (Fsp3) is 0.222. The number of hydrogen-bond acceptors (Lipinski definition) is 5. The first-order chi connectivity index (χ1) is 12.1. The monoisotopic (exact) mass is 336 g/mol. The van der Waals surface area contributed by atoms with Crippen molar-refractivity contribution in [2.24, 2.45) is 0 Å². The molecule has 3 heterocycles. The number of fused-ring (bicyclic) bond motifs is 2. The lowest BCUT2D eigenvalue weighted by Crippen LogP contribution is -2.31. The van der Waals surface area contributed by atoms with Gasteiger partial charge >= 0.3 is 0 Å². The number of aromatic nitrogens is 3. The molecule has 0 amide bonds. The number of aryl methyl sites for hydroxylation is 1.